The highest BCUT2D eigenvalue weighted by Crippen LogP contribution is 2.18. The molecule has 2 aromatic heterocycles. The average molecular weight is 327 g/mol. The summed E-state index contributed by atoms with van der Waals surface area (Å²) in [6.45, 7) is 0.411. The van der Waals surface area contributed by atoms with Gasteiger partial charge in [-0.05, 0) is 29.8 Å². The van der Waals surface area contributed by atoms with Crippen molar-refractivity contribution in [2.45, 2.75) is 6.54 Å². The van der Waals surface area contributed by atoms with Crippen molar-refractivity contribution in [2.24, 2.45) is 0 Å². The minimum absolute atomic E-state index is 0.0684. The lowest BCUT2D eigenvalue weighted by atomic mass is 10.1. The number of aromatic nitrogens is 3. The zero-order valence-corrected chi connectivity index (χ0v) is 13.3. The van der Waals surface area contributed by atoms with Gasteiger partial charge in [0.2, 0.25) is 0 Å². The number of hydrogen-bond acceptors (Lipinski definition) is 3. The molecule has 0 aliphatic carbocycles. The van der Waals surface area contributed by atoms with Gasteiger partial charge in [-0.3, -0.25) is 9.89 Å². The van der Waals surface area contributed by atoms with E-state index in [1.165, 1.54) is 0 Å². The first kappa shape index (κ1) is 15.2. The van der Waals surface area contributed by atoms with Gasteiger partial charge in [0.25, 0.3) is 5.91 Å². The zero-order chi connectivity index (χ0) is 16.2. The van der Waals surface area contributed by atoms with E-state index in [9.17, 15) is 4.79 Å². The van der Waals surface area contributed by atoms with Crippen LogP contribution in [0.1, 0.15) is 15.9 Å². The molecule has 1 amide bonds. The van der Waals surface area contributed by atoms with Crippen molar-refractivity contribution >= 4 is 17.5 Å². The average Bonchev–Trinajstić information content (AvgIpc) is 3.11. The van der Waals surface area contributed by atoms with Crippen LogP contribution in [0.3, 0.4) is 0 Å². The summed E-state index contributed by atoms with van der Waals surface area (Å²) < 4.78 is 0. The maximum Gasteiger partial charge on any atom is 0.253 e. The standard InChI is InChI=1S/C17H15ClN4O/c1-22(11-14-3-2-9-19-16(14)18)17(23)13-6-4-12(5-7-13)15-8-10-20-21-15/h2-10H,11H2,1H3,(H,20,21). The number of amides is 1. The number of benzene rings is 1. The molecule has 0 saturated heterocycles. The third-order valence-corrected chi connectivity index (χ3v) is 3.87. The Kier molecular flexibility index (Phi) is 4.39. The molecule has 0 unspecified atom stereocenters. The van der Waals surface area contributed by atoms with Crippen molar-refractivity contribution in [3.05, 3.63) is 71.1 Å². The van der Waals surface area contributed by atoms with Crippen LogP contribution in [0.5, 0.6) is 0 Å². The fourth-order valence-electron chi connectivity index (χ4n) is 2.29. The second-order valence-electron chi connectivity index (χ2n) is 5.16. The first-order valence-electron chi connectivity index (χ1n) is 7.10. The maximum absolute atomic E-state index is 12.5. The molecule has 1 N–H and O–H groups in total. The molecule has 0 spiro atoms. The fourth-order valence-corrected chi connectivity index (χ4v) is 2.47. The maximum atomic E-state index is 12.5. The van der Waals surface area contributed by atoms with Crippen LogP contribution < -0.4 is 0 Å². The molecule has 0 fully saturated rings. The SMILES string of the molecule is CN(Cc1cccnc1Cl)C(=O)c1ccc(-c2ccn[nH]2)cc1. The summed E-state index contributed by atoms with van der Waals surface area (Å²) in [6.07, 6.45) is 3.32. The highest BCUT2D eigenvalue weighted by molar-refractivity contribution is 6.30. The Morgan fingerprint density at radius 2 is 1.96 bits per heavy atom. The van der Waals surface area contributed by atoms with Crippen LogP contribution in [-0.2, 0) is 6.54 Å². The van der Waals surface area contributed by atoms with Gasteiger partial charge in [0.15, 0.2) is 0 Å². The van der Waals surface area contributed by atoms with E-state index in [2.05, 4.69) is 15.2 Å². The van der Waals surface area contributed by atoms with E-state index in [-0.39, 0.29) is 5.91 Å². The van der Waals surface area contributed by atoms with E-state index < -0.39 is 0 Å². The smallest absolute Gasteiger partial charge is 0.253 e. The summed E-state index contributed by atoms with van der Waals surface area (Å²) in [5, 5.41) is 7.24. The Balaban J connectivity index is 1.73. The van der Waals surface area contributed by atoms with E-state index >= 15 is 0 Å². The Morgan fingerprint density at radius 3 is 2.61 bits per heavy atom. The Hall–Kier alpha value is -2.66. The van der Waals surface area contributed by atoms with Crippen molar-refractivity contribution in [3.63, 3.8) is 0 Å². The number of hydrogen-bond donors (Lipinski definition) is 1. The molecule has 3 rings (SSSR count). The summed E-state index contributed by atoms with van der Waals surface area (Å²) in [4.78, 5) is 18.1. The van der Waals surface area contributed by atoms with Crippen molar-refractivity contribution in [3.8, 4) is 11.3 Å². The number of pyridine rings is 1. The Bertz CT molecular complexity index is 800. The second-order valence-corrected chi connectivity index (χ2v) is 5.52. The lowest BCUT2D eigenvalue weighted by Crippen LogP contribution is -2.26. The van der Waals surface area contributed by atoms with Crippen LogP contribution in [0.25, 0.3) is 11.3 Å². The van der Waals surface area contributed by atoms with Crippen LogP contribution in [0.2, 0.25) is 5.15 Å². The molecule has 6 heteroatoms. The molecule has 5 nitrogen and oxygen atoms in total. The summed E-state index contributed by atoms with van der Waals surface area (Å²) in [5.41, 5.74) is 3.34. The van der Waals surface area contributed by atoms with Gasteiger partial charge in [-0.15, -0.1) is 0 Å². The van der Waals surface area contributed by atoms with E-state index in [1.54, 1.807) is 42.5 Å². The molecule has 23 heavy (non-hydrogen) atoms. The molecular weight excluding hydrogens is 312 g/mol. The van der Waals surface area contributed by atoms with Gasteiger partial charge in [0, 0.05) is 37.1 Å². The van der Waals surface area contributed by atoms with Gasteiger partial charge < -0.3 is 4.90 Å². The van der Waals surface area contributed by atoms with Crippen LogP contribution in [-0.4, -0.2) is 33.0 Å². The topological polar surface area (TPSA) is 61.9 Å². The zero-order valence-electron chi connectivity index (χ0n) is 12.5. The number of rotatable bonds is 4. The predicted octanol–water partition coefficient (Wildman–Crippen LogP) is 3.40. The molecule has 0 aliphatic rings. The first-order chi connectivity index (χ1) is 11.1. The molecule has 1 aromatic carbocycles. The lowest BCUT2D eigenvalue weighted by molar-refractivity contribution is 0.0785. The highest BCUT2D eigenvalue weighted by Gasteiger charge is 2.14. The summed E-state index contributed by atoms with van der Waals surface area (Å²) >= 11 is 6.04. The largest absolute Gasteiger partial charge is 0.337 e. The minimum atomic E-state index is -0.0684. The molecule has 116 valence electrons. The summed E-state index contributed by atoms with van der Waals surface area (Å²) in [7, 11) is 1.74. The number of carbonyl (C=O) groups is 1. The third kappa shape index (κ3) is 3.40. The van der Waals surface area contributed by atoms with Crippen LogP contribution >= 0.6 is 11.6 Å². The van der Waals surface area contributed by atoms with Crippen LogP contribution in [0.15, 0.2) is 54.9 Å². The summed E-state index contributed by atoms with van der Waals surface area (Å²) in [5.74, 6) is -0.0684. The molecule has 0 aliphatic heterocycles. The van der Waals surface area contributed by atoms with Gasteiger partial charge in [-0.2, -0.15) is 5.10 Å². The van der Waals surface area contributed by atoms with E-state index in [0.717, 1.165) is 16.8 Å². The minimum Gasteiger partial charge on any atom is -0.337 e. The van der Waals surface area contributed by atoms with E-state index in [4.69, 9.17) is 11.6 Å². The van der Waals surface area contributed by atoms with Crippen LogP contribution in [0.4, 0.5) is 0 Å². The number of nitrogens with zero attached hydrogens (tertiary/aromatic N) is 3. The number of carbonyl (C=O) groups excluding carboxylic acids is 1. The highest BCUT2D eigenvalue weighted by atomic mass is 35.5. The predicted molar refractivity (Wildman–Crippen MR) is 89.1 cm³/mol. The number of halogens is 1. The quantitative estimate of drug-likeness (QED) is 0.747. The molecule has 0 radical (unpaired) electrons. The van der Waals surface area contributed by atoms with Crippen molar-refractivity contribution in [1.29, 1.82) is 0 Å². The molecule has 2 heterocycles. The molecule has 0 bridgehead atoms. The van der Waals surface area contributed by atoms with E-state index in [1.807, 2.05) is 24.3 Å². The molecular formula is C17H15ClN4O. The lowest BCUT2D eigenvalue weighted by Gasteiger charge is -2.18. The first-order valence-corrected chi connectivity index (χ1v) is 7.47. The van der Waals surface area contributed by atoms with Crippen molar-refractivity contribution in [2.75, 3.05) is 7.05 Å². The number of aromatic amines is 1. The molecule has 0 saturated carbocycles. The van der Waals surface area contributed by atoms with Crippen molar-refractivity contribution < 1.29 is 4.79 Å². The van der Waals surface area contributed by atoms with Crippen LogP contribution in [0, 0.1) is 0 Å². The van der Waals surface area contributed by atoms with Gasteiger partial charge in [0.05, 0.1) is 5.69 Å². The van der Waals surface area contributed by atoms with Gasteiger partial charge in [-0.1, -0.05) is 29.8 Å². The van der Waals surface area contributed by atoms with E-state index in [0.29, 0.717) is 17.3 Å². The Morgan fingerprint density at radius 1 is 1.17 bits per heavy atom. The van der Waals surface area contributed by atoms with Crippen molar-refractivity contribution in [1.82, 2.24) is 20.1 Å². The molecule has 0 atom stereocenters. The van der Waals surface area contributed by atoms with Gasteiger partial charge in [0.1, 0.15) is 5.15 Å². The number of H-pyrrole nitrogens is 1. The Labute approximate surface area is 138 Å². The second kappa shape index (κ2) is 6.62. The summed E-state index contributed by atoms with van der Waals surface area (Å²) in [6, 6.07) is 12.9. The number of nitrogens with one attached hydrogen (secondary N) is 1. The van der Waals surface area contributed by atoms with Gasteiger partial charge in [-0.25, -0.2) is 4.98 Å². The normalized spacial score (nSPS) is 10.5. The molecule has 3 aromatic rings. The monoisotopic (exact) mass is 326 g/mol. The fraction of sp³-hybridized carbons (Fsp3) is 0.118. The van der Waals surface area contributed by atoms with Gasteiger partial charge >= 0.3 is 0 Å². The third-order valence-electron chi connectivity index (χ3n) is 3.53.